The summed E-state index contributed by atoms with van der Waals surface area (Å²) in [7, 11) is 0. The smallest absolute Gasteiger partial charge is 0.223 e. The fraction of sp³-hybridized carbons (Fsp3) is 0.500. The minimum atomic E-state index is 0.227. The summed E-state index contributed by atoms with van der Waals surface area (Å²) in [5, 5.41) is 0. The van der Waals surface area contributed by atoms with Crippen LogP contribution in [-0.2, 0) is 16.1 Å². The molecule has 1 saturated heterocycles. The average Bonchev–Trinajstić information content (AvgIpc) is 2.77. The molecular formula is C24H33N3O2S. The quantitative estimate of drug-likeness (QED) is 0.538. The number of carbonyl (C=O) groups excluding carboxylic acids is 1. The summed E-state index contributed by atoms with van der Waals surface area (Å²) < 4.78 is 5.42. The topological polar surface area (TPSA) is 45.7 Å². The molecule has 3 rings (SSSR count). The molecule has 1 aliphatic heterocycles. The van der Waals surface area contributed by atoms with E-state index in [0.717, 1.165) is 57.1 Å². The van der Waals surface area contributed by atoms with Crippen molar-refractivity contribution in [2.45, 2.75) is 38.1 Å². The summed E-state index contributed by atoms with van der Waals surface area (Å²) in [6.45, 7) is 10.3. The van der Waals surface area contributed by atoms with Crippen LogP contribution in [0.25, 0.3) is 0 Å². The van der Waals surface area contributed by atoms with Crippen molar-refractivity contribution in [3.05, 3.63) is 59.4 Å². The molecule has 0 aliphatic carbocycles. The Balaban J connectivity index is 1.51. The monoisotopic (exact) mass is 427 g/mol. The molecule has 30 heavy (non-hydrogen) atoms. The Morgan fingerprint density at radius 2 is 1.90 bits per heavy atom. The third-order valence-corrected chi connectivity index (χ3v) is 6.54. The Labute approximate surface area is 184 Å². The number of pyridine rings is 1. The molecular weight excluding hydrogens is 394 g/mol. The van der Waals surface area contributed by atoms with Gasteiger partial charge in [0.2, 0.25) is 5.91 Å². The van der Waals surface area contributed by atoms with E-state index in [1.165, 1.54) is 16.0 Å². The Hall–Kier alpha value is -1.89. The molecule has 1 aromatic carbocycles. The van der Waals surface area contributed by atoms with Crippen molar-refractivity contribution < 1.29 is 9.53 Å². The summed E-state index contributed by atoms with van der Waals surface area (Å²) in [5.74, 6) is 1.03. The molecule has 0 bridgehead atoms. The highest BCUT2D eigenvalue weighted by Crippen LogP contribution is 2.22. The van der Waals surface area contributed by atoms with Crippen molar-refractivity contribution >= 4 is 17.7 Å². The number of thioether (sulfide) groups is 1. The van der Waals surface area contributed by atoms with E-state index in [4.69, 9.17) is 4.74 Å². The number of benzene rings is 1. The number of hydrogen-bond acceptors (Lipinski definition) is 5. The molecule has 1 aromatic heterocycles. The van der Waals surface area contributed by atoms with Crippen molar-refractivity contribution in [1.82, 2.24) is 14.8 Å². The maximum absolute atomic E-state index is 13.0. The van der Waals surface area contributed by atoms with Crippen LogP contribution in [0.4, 0.5) is 0 Å². The van der Waals surface area contributed by atoms with E-state index in [9.17, 15) is 4.79 Å². The van der Waals surface area contributed by atoms with Gasteiger partial charge in [0.1, 0.15) is 0 Å². The number of rotatable bonds is 10. The van der Waals surface area contributed by atoms with E-state index in [2.05, 4.69) is 41.9 Å². The van der Waals surface area contributed by atoms with Crippen LogP contribution in [0, 0.1) is 13.8 Å². The summed E-state index contributed by atoms with van der Waals surface area (Å²) in [5.41, 5.74) is 3.74. The van der Waals surface area contributed by atoms with Crippen LogP contribution >= 0.6 is 11.8 Å². The van der Waals surface area contributed by atoms with E-state index < -0.39 is 0 Å². The van der Waals surface area contributed by atoms with Crippen LogP contribution in [-0.4, -0.2) is 65.8 Å². The van der Waals surface area contributed by atoms with E-state index in [1.807, 2.05) is 17.0 Å². The highest BCUT2D eigenvalue weighted by molar-refractivity contribution is 7.99. The summed E-state index contributed by atoms with van der Waals surface area (Å²) >= 11 is 1.76. The molecule has 1 fully saturated rings. The second-order valence-electron chi connectivity index (χ2n) is 7.82. The molecule has 2 heterocycles. The SMILES string of the molecule is Cc1ccc(SCCC(=O)N(CCCN2CCOCC2)Cc2ccncc2)cc1C. The van der Waals surface area contributed by atoms with Crippen LogP contribution in [0.3, 0.4) is 0 Å². The van der Waals surface area contributed by atoms with Crippen molar-refractivity contribution in [2.24, 2.45) is 0 Å². The molecule has 1 amide bonds. The zero-order valence-corrected chi connectivity index (χ0v) is 19.0. The molecule has 0 saturated carbocycles. The van der Waals surface area contributed by atoms with E-state index in [0.29, 0.717) is 13.0 Å². The first-order valence-electron chi connectivity index (χ1n) is 10.8. The Morgan fingerprint density at radius 3 is 2.63 bits per heavy atom. The van der Waals surface area contributed by atoms with Gasteiger partial charge in [-0.1, -0.05) is 6.07 Å². The van der Waals surface area contributed by atoms with Crippen LogP contribution in [0.2, 0.25) is 0 Å². The number of aryl methyl sites for hydroxylation is 2. The lowest BCUT2D eigenvalue weighted by molar-refractivity contribution is -0.131. The normalized spacial score (nSPS) is 14.6. The van der Waals surface area contributed by atoms with Gasteiger partial charge in [0, 0.05) is 62.2 Å². The van der Waals surface area contributed by atoms with Gasteiger partial charge >= 0.3 is 0 Å². The summed E-state index contributed by atoms with van der Waals surface area (Å²) in [6, 6.07) is 10.5. The number of aromatic nitrogens is 1. The standard InChI is InChI=1S/C24H33N3O2S/c1-20-4-5-23(18-21(20)2)30-17-8-24(28)27(19-22-6-9-25-10-7-22)12-3-11-26-13-15-29-16-14-26/h4-7,9-10,18H,3,8,11-17,19H2,1-2H3. The average molecular weight is 428 g/mol. The van der Waals surface area contributed by atoms with Crippen LogP contribution in [0.15, 0.2) is 47.6 Å². The van der Waals surface area contributed by atoms with Crippen LogP contribution < -0.4 is 0 Å². The van der Waals surface area contributed by atoms with Crippen LogP contribution in [0.1, 0.15) is 29.5 Å². The van der Waals surface area contributed by atoms with E-state index in [1.54, 1.807) is 24.2 Å². The van der Waals surface area contributed by atoms with Gasteiger partial charge in [-0.3, -0.25) is 14.7 Å². The number of ether oxygens (including phenoxy) is 1. The molecule has 2 aromatic rings. The van der Waals surface area contributed by atoms with Crippen LogP contribution in [0.5, 0.6) is 0 Å². The van der Waals surface area contributed by atoms with Crippen molar-refractivity contribution in [3.8, 4) is 0 Å². The minimum Gasteiger partial charge on any atom is -0.379 e. The van der Waals surface area contributed by atoms with Gasteiger partial charge in [-0.15, -0.1) is 11.8 Å². The maximum Gasteiger partial charge on any atom is 0.223 e. The Morgan fingerprint density at radius 1 is 1.13 bits per heavy atom. The molecule has 0 spiro atoms. The lowest BCUT2D eigenvalue weighted by Crippen LogP contribution is -2.39. The molecule has 162 valence electrons. The number of nitrogens with zero attached hydrogens (tertiary/aromatic N) is 3. The maximum atomic E-state index is 13.0. The van der Waals surface area contributed by atoms with Gasteiger partial charge in [-0.25, -0.2) is 0 Å². The van der Waals surface area contributed by atoms with Gasteiger partial charge in [-0.2, -0.15) is 0 Å². The number of carbonyl (C=O) groups is 1. The lowest BCUT2D eigenvalue weighted by atomic mass is 10.1. The van der Waals surface area contributed by atoms with Crippen molar-refractivity contribution in [2.75, 3.05) is 45.1 Å². The first kappa shape index (κ1) is 22.8. The van der Waals surface area contributed by atoms with Gasteiger partial charge < -0.3 is 9.64 Å². The predicted octanol–water partition coefficient (Wildman–Crippen LogP) is 3.93. The molecule has 1 aliphatic rings. The molecule has 0 radical (unpaired) electrons. The third-order valence-electron chi connectivity index (χ3n) is 5.54. The molecule has 5 nitrogen and oxygen atoms in total. The molecule has 0 atom stereocenters. The molecule has 0 N–H and O–H groups in total. The fourth-order valence-electron chi connectivity index (χ4n) is 3.53. The number of hydrogen-bond donors (Lipinski definition) is 0. The zero-order valence-electron chi connectivity index (χ0n) is 18.2. The summed E-state index contributed by atoms with van der Waals surface area (Å²) in [6.07, 6.45) is 5.13. The first-order valence-corrected chi connectivity index (χ1v) is 11.8. The fourth-order valence-corrected chi connectivity index (χ4v) is 4.47. The predicted molar refractivity (Wildman–Crippen MR) is 123 cm³/mol. The molecule has 6 heteroatoms. The van der Waals surface area contributed by atoms with Gasteiger partial charge in [0.15, 0.2) is 0 Å². The van der Waals surface area contributed by atoms with Gasteiger partial charge in [0.25, 0.3) is 0 Å². The van der Waals surface area contributed by atoms with Crippen molar-refractivity contribution in [3.63, 3.8) is 0 Å². The summed E-state index contributed by atoms with van der Waals surface area (Å²) in [4.78, 5) is 22.8. The Bertz CT molecular complexity index is 794. The Kier molecular flexibility index (Phi) is 9.18. The second kappa shape index (κ2) is 12.1. The number of amides is 1. The zero-order chi connectivity index (χ0) is 21.2. The minimum absolute atomic E-state index is 0.227. The lowest BCUT2D eigenvalue weighted by Gasteiger charge is -2.28. The molecule has 0 unspecified atom stereocenters. The van der Waals surface area contributed by atoms with E-state index >= 15 is 0 Å². The van der Waals surface area contributed by atoms with Gasteiger partial charge in [-0.05, 0) is 61.2 Å². The largest absolute Gasteiger partial charge is 0.379 e. The number of morpholine rings is 1. The first-order chi connectivity index (χ1) is 14.6. The second-order valence-corrected chi connectivity index (χ2v) is 8.99. The van der Waals surface area contributed by atoms with E-state index in [-0.39, 0.29) is 5.91 Å². The third kappa shape index (κ3) is 7.42. The highest BCUT2D eigenvalue weighted by Gasteiger charge is 2.16. The van der Waals surface area contributed by atoms with Crippen molar-refractivity contribution in [1.29, 1.82) is 0 Å². The highest BCUT2D eigenvalue weighted by atomic mass is 32.2. The van der Waals surface area contributed by atoms with Gasteiger partial charge in [0.05, 0.1) is 13.2 Å².